The molecule has 104 valence electrons. The fraction of sp³-hybridized carbons (Fsp3) is 0.235. The zero-order valence-corrected chi connectivity index (χ0v) is 11.8. The third kappa shape index (κ3) is 3.45. The molecule has 0 saturated carbocycles. The molecule has 0 aliphatic rings. The number of likely N-dealkylation sites (N-methyl/N-ethyl adjacent to an activating group) is 1. The lowest BCUT2D eigenvalue weighted by Crippen LogP contribution is -2.42. The lowest BCUT2D eigenvalue weighted by atomic mass is 9.98. The fourth-order valence-corrected chi connectivity index (χ4v) is 2.05. The molecule has 2 aromatic carbocycles. The van der Waals surface area contributed by atoms with Gasteiger partial charge in [-0.1, -0.05) is 60.7 Å². The molecular weight excluding hydrogens is 248 g/mol. The molecule has 1 atom stereocenters. The minimum Gasteiger partial charge on any atom is -0.344 e. The van der Waals surface area contributed by atoms with E-state index in [2.05, 4.69) is 10.6 Å². The smallest absolute Gasteiger partial charge is 0.237 e. The monoisotopic (exact) mass is 268 g/mol. The summed E-state index contributed by atoms with van der Waals surface area (Å²) in [7, 11) is 1.78. The second-order valence-corrected chi connectivity index (χ2v) is 4.77. The summed E-state index contributed by atoms with van der Waals surface area (Å²) in [6.45, 7) is 1.85. The van der Waals surface area contributed by atoms with Gasteiger partial charge in [0.1, 0.15) is 0 Å². The van der Waals surface area contributed by atoms with Crippen LogP contribution in [0.5, 0.6) is 0 Å². The molecule has 1 unspecified atom stereocenters. The first-order valence-electron chi connectivity index (χ1n) is 6.80. The molecule has 2 N–H and O–H groups in total. The summed E-state index contributed by atoms with van der Waals surface area (Å²) >= 11 is 0. The predicted octanol–water partition coefficient (Wildman–Crippen LogP) is 2.50. The van der Waals surface area contributed by atoms with Crippen LogP contribution in [0.4, 0.5) is 0 Å². The van der Waals surface area contributed by atoms with E-state index in [1.165, 1.54) is 0 Å². The lowest BCUT2D eigenvalue weighted by molar-refractivity contribution is -0.123. The van der Waals surface area contributed by atoms with Crippen molar-refractivity contribution < 1.29 is 4.79 Å². The van der Waals surface area contributed by atoms with Gasteiger partial charge in [0.2, 0.25) is 5.91 Å². The molecule has 2 rings (SSSR count). The van der Waals surface area contributed by atoms with Crippen LogP contribution in [0.15, 0.2) is 60.7 Å². The molecule has 0 aliphatic carbocycles. The third-order valence-electron chi connectivity index (χ3n) is 3.38. The van der Waals surface area contributed by atoms with Crippen molar-refractivity contribution in [2.75, 3.05) is 7.05 Å². The molecule has 0 aromatic heterocycles. The fourth-order valence-electron chi connectivity index (χ4n) is 2.05. The van der Waals surface area contributed by atoms with Gasteiger partial charge in [0.05, 0.1) is 12.1 Å². The maximum atomic E-state index is 12.2. The Morgan fingerprint density at radius 2 is 1.35 bits per heavy atom. The maximum Gasteiger partial charge on any atom is 0.237 e. The van der Waals surface area contributed by atoms with Crippen molar-refractivity contribution in [3.05, 3.63) is 71.8 Å². The van der Waals surface area contributed by atoms with E-state index in [9.17, 15) is 4.79 Å². The minimum absolute atomic E-state index is 0.00907. The van der Waals surface area contributed by atoms with E-state index in [-0.39, 0.29) is 18.0 Å². The van der Waals surface area contributed by atoms with Gasteiger partial charge in [-0.2, -0.15) is 0 Å². The molecule has 3 nitrogen and oxygen atoms in total. The van der Waals surface area contributed by atoms with Crippen molar-refractivity contribution in [2.24, 2.45) is 0 Å². The van der Waals surface area contributed by atoms with Gasteiger partial charge in [-0.15, -0.1) is 0 Å². The molecule has 0 radical (unpaired) electrons. The van der Waals surface area contributed by atoms with Gasteiger partial charge in [0, 0.05) is 0 Å². The molecule has 0 fully saturated rings. The quantitative estimate of drug-likeness (QED) is 0.875. The van der Waals surface area contributed by atoms with Crippen LogP contribution in [-0.2, 0) is 4.79 Å². The summed E-state index contributed by atoms with van der Waals surface area (Å²) in [6, 6.07) is 19.7. The van der Waals surface area contributed by atoms with E-state index in [1.54, 1.807) is 7.05 Å². The minimum atomic E-state index is -0.218. The molecule has 20 heavy (non-hydrogen) atoms. The maximum absolute atomic E-state index is 12.2. The summed E-state index contributed by atoms with van der Waals surface area (Å²) in [4.78, 5) is 12.2. The number of carbonyl (C=O) groups excluding carboxylic acids is 1. The Hall–Kier alpha value is -2.13. The Morgan fingerprint density at radius 1 is 0.900 bits per heavy atom. The predicted molar refractivity (Wildman–Crippen MR) is 81.4 cm³/mol. The van der Waals surface area contributed by atoms with E-state index < -0.39 is 0 Å². The first-order valence-corrected chi connectivity index (χ1v) is 6.80. The average molecular weight is 268 g/mol. The summed E-state index contributed by atoms with van der Waals surface area (Å²) in [6.07, 6.45) is 0. The van der Waals surface area contributed by atoms with E-state index in [0.717, 1.165) is 11.1 Å². The summed E-state index contributed by atoms with van der Waals surface area (Å²) in [5, 5.41) is 6.06. The number of carbonyl (C=O) groups is 1. The van der Waals surface area contributed by atoms with E-state index in [0.29, 0.717) is 0 Å². The molecule has 0 saturated heterocycles. The normalized spacial score (nSPS) is 12.2. The SMILES string of the molecule is CNC(C)C(=O)NC(c1ccccc1)c1ccccc1. The number of hydrogen-bond donors (Lipinski definition) is 2. The Balaban J connectivity index is 2.28. The van der Waals surface area contributed by atoms with Crippen LogP contribution in [0, 0.1) is 0 Å². The van der Waals surface area contributed by atoms with Gasteiger partial charge in [-0.25, -0.2) is 0 Å². The Morgan fingerprint density at radius 3 is 1.75 bits per heavy atom. The highest BCUT2D eigenvalue weighted by Gasteiger charge is 2.19. The summed E-state index contributed by atoms with van der Waals surface area (Å²) in [5.41, 5.74) is 2.16. The zero-order chi connectivity index (χ0) is 14.4. The van der Waals surface area contributed by atoms with Crippen LogP contribution >= 0.6 is 0 Å². The lowest BCUT2D eigenvalue weighted by Gasteiger charge is -2.22. The van der Waals surface area contributed by atoms with Gasteiger partial charge in [-0.05, 0) is 25.1 Å². The zero-order valence-electron chi connectivity index (χ0n) is 11.8. The van der Waals surface area contributed by atoms with E-state index in [4.69, 9.17) is 0 Å². The topological polar surface area (TPSA) is 41.1 Å². The first-order chi connectivity index (χ1) is 9.72. The molecule has 1 amide bonds. The standard InChI is InChI=1S/C17H20N2O/c1-13(18-2)17(20)19-16(14-9-5-3-6-10-14)15-11-7-4-8-12-15/h3-13,16,18H,1-2H3,(H,19,20). The average Bonchev–Trinajstić information content (AvgIpc) is 2.53. The summed E-state index contributed by atoms with van der Waals surface area (Å²) in [5.74, 6) is -0.00907. The first kappa shape index (κ1) is 14.3. The number of rotatable bonds is 5. The molecular formula is C17H20N2O. The van der Waals surface area contributed by atoms with Crippen molar-refractivity contribution in [1.82, 2.24) is 10.6 Å². The number of amides is 1. The molecule has 3 heteroatoms. The van der Waals surface area contributed by atoms with Gasteiger partial charge in [0.15, 0.2) is 0 Å². The second kappa shape index (κ2) is 6.87. The second-order valence-electron chi connectivity index (χ2n) is 4.77. The highest BCUT2D eigenvalue weighted by Crippen LogP contribution is 2.21. The Labute approximate surface area is 120 Å². The van der Waals surface area contributed by atoms with Gasteiger partial charge in [-0.3, -0.25) is 4.79 Å². The van der Waals surface area contributed by atoms with Gasteiger partial charge < -0.3 is 10.6 Å². The number of benzene rings is 2. The Bertz CT molecular complexity index is 500. The van der Waals surface area contributed by atoms with Crippen LogP contribution in [0.1, 0.15) is 24.1 Å². The molecule has 0 spiro atoms. The number of nitrogens with one attached hydrogen (secondary N) is 2. The van der Waals surface area contributed by atoms with Crippen molar-refractivity contribution in [3.63, 3.8) is 0 Å². The van der Waals surface area contributed by atoms with Crippen LogP contribution in [0.3, 0.4) is 0 Å². The molecule has 0 aliphatic heterocycles. The Kier molecular flexibility index (Phi) is 4.91. The van der Waals surface area contributed by atoms with Gasteiger partial charge in [0.25, 0.3) is 0 Å². The highest BCUT2D eigenvalue weighted by molar-refractivity contribution is 5.82. The van der Waals surface area contributed by atoms with Crippen LogP contribution in [-0.4, -0.2) is 19.0 Å². The largest absolute Gasteiger partial charge is 0.344 e. The van der Waals surface area contributed by atoms with Crippen LogP contribution in [0.25, 0.3) is 0 Å². The van der Waals surface area contributed by atoms with Crippen molar-refractivity contribution in [2.45, 2.75) is 19.0 Å². The van der Waals surface area contributed by atoms with E-state index >= 15 is 0 Å². The third-order valence-corrected chi connectivity index (χ3v) is 3.38. The van der Waals surface area contributed by atoms with Crippen molar-refractivity contribution in [1.29, 1.82) is 0 Å². The van der Waals surface area contributed by atoms with Crippen LogP contribution in [0.2, 0.25) is 0 Å². The van der Waals surface area contributed by atoms with Gasteiger partial charge >= 0.3 is 0 Å². The van der Waals surface area contributed by atoms with Crippen molar-refractivity contribution in [3.8, 4) is 0 Å². The molecule has 0 heterocycles. The molecule has 2 aromatic rings. The number of hydrogen-bond acceptors (Lipinski definition) is 2. The van der Waals surface area contributed by atoms with E-state index in [1.807, 2.05) is 67.6 Å². The molecule has 0 bridgehead atoms. The summed E-state index contributed by atoms with van der Waals surface area (Å²) < 4.78 is 0. The van der Waals surface area contributed by atoms with Crippen LogP contribution < -0.4 is 10.6 Å². The van der Waals surface area contributed by atoms with Crippen molar-refractivity contribution >= 4 is 5.91 Å². The highest BCUT2D eigenvalue weighted by atomic mass is 16.2.